The van der Waals surface area contributed by atoms with Gasteiger partial charge in [-0.05, 0) is 61.7 Å². The van der Waals surface area contributed by atoms with Crippen molar-refractivity contribution in [1.82, 2.24) is 15.2 Å². The summed E-state index contributed by atoms with van der Waals surface area (Å²) >= 11 is 0. The molecule has 6 heteroatoms. The van der Waals surface area contributed by atoms with Gasteiger partial charge in [0.15, 0.2) is 0 Å². The molecular weight excluding hydrogens is 434 g/mol. The molecular formula is C29H35N5O. The number of hydrogen-bond donors (Lipinski definition) is 1. The van der Waals surface area contributed by atoms with Crippen molar-refractivity contribution in [2.45, 2.75) is 31.8 Å². The molecule has 0 aliphatic carbocycles. The van der Waals surface area contributed by atoms with Crippen LogP contribution in [0.1, 0.15) is 41.7 Å². The fourth-order valence-electron chi connectivity index (χ4n) is 5.27. The quantitative estimate of drug-likeness (QED) is 0.581. The number of anilines is 2. The molecule has 3 heterocycles. The fourth-order valence-corrected chi connectivity index (χ4v) is 5.27. The van der Waals surface area contributed by atoms with Crippen LogP contribution in [-0.2, 0) is 0 Å². The highest BCUT2D eigenvalue weighted by Gasteiger charge is 2.28. The van der Waals surface area contributed by atoms with Crippen LogP contribution in [0.2, 0.25) is 0 Å². The van der Waals surface area contributed by atoms with Crippen LogP contribution >= 0.6 is 0 Å². The Kier molecular flexibility index (Phi) is 7.28. The summed E-state index contributed by atoms with van der Waals surface area (Å²) in [5, 5.41) is 3.10. The number of rotatable bonds is 6. The van der Waals surface area contributed by atoms with Crippen LogP contribution in [-0.4, -0.2) is 61.1 Å². The second-order valence-corrected chi connectivity index (χ2v) is 9.58. The second-order valence-electron chi connectivity index (χ2n) is 9.58. The lowest BCUT2D eigenvalue weighted by Crippen LogP contribution is -2.53. The third-order valence-electron chi connectivity index (χ3n) is 7.41. The number of amides is 1. The lowest BCUT2D eigenvalue weighted by molar-refractivity contribution is 0.0940. The van der Waals surface area contributed by atoms with Crippen molar-refractivity contribution in [2.24, 2.45) is 0 Å². The minimum absolute atomic E-state index is 0.0202. The molecule has 0 saturated carbocycles. The van der Waals surface area contributed by atoms with Crippen molar-refractivity contribution >= 4 is 17.4 Å². The number of aromatic nitrogens is 1. The average Bonchev–Trinajstić information content (AvgIpc) is 2.94. The second kappa shape index (κ2) is 10.9. The van der Waals surface area contributed by atoms with Crippen LogP contribution in [0.3, 0.4) is 0 Å². The molecule has 5 rings (SSSR count). The molecule has 0 spiro atoms. The van der Waals surface area contributed by atoms with Crippen LogP contribution in [0.5, 0.6) is 0 Å². The Morgan fingerprint density at radius 1 is 0.829 bits per heavy atom. The van der Waals surface area contributed by atoms with Crippen molar-refractivity contribution < 1.29 is 4.79 Å². The van der Waals surface area contributed by atoms with E-state index in [0.717, 1.165) is 50.6 Å². The minimum atomic E-state index is -0.0311. The van der Waals surface area contributed by atoms with E-state index >= 15 is 0 Å². The molecule has 1 aromatic heterocycles. The van der Waals surface area contributed by atoms with E-state index in [4.69, 9.17) is 0 Å². The first-order valence-electron chi connectivity index (χ1n) is 12.8. The number of pyridine rings is 1. The van der Waals surface area contributed by atoms with Gasteiger partial charge < -0.3 is 15.1 Å². The highest BCUT2D eigenvalue weighted by Crippen LogP contribution is 2.25. The largest absolute Gasteiger partial charge is 0.371 e. The van der Waals surface area contributed by atoms with Crippen molar-refractivity contribution in [3.05, 3.63) is 90.1 Å². The van der Waals surface area contributed by atoms with Gasteiger partial charge >= 0.3 is 0 Å². The third kappa shape index (κ3) is 5.65. The van der Waals surface area contributed by atoms with E-state index in [0.29, 0.717) is 11.6 Å². The first-order valence-corrected chi connectivity index (χ1v) is 12.8. The molecule has 6 nitrogen and oxygen atoms in total. The van der Waals surface area contributed by atoms with Crippen molar-refractivity contribution in [2.75, 3.05) is 49.1 Å². The molecule has 2 saturated heterocycles. The molecule has 182 valence electrons. The Bertz CT molecular complexity index is 1070. The number of carbonyl (C=O) groups excluding carboxylic acids is 1. The van der Waals surface area contributed by atoms with Gasteiger partial charge in [-0.3, -0.25) is 9.69 Å². The van der Waals surface area contributed by atoms with E-state index in [1.807, 2.05) is 61.7 Å². The van der Waals surface area contributed by atoms with Crippen molar-refractivity contribution in [1.29, 1.82) is 0 Å². The Balaban J connectivity index is 1.09. The Labute approximate surface area is 208 Å². The summed E-state index contributed by atoms with van der Waals surface area (Å²) in [5.41, 5.74) is 3.02. The first-order chi connectivity index (χ1) is 17.2. The molecule has 2 aliphatic heterocycles. The van der Waals surface area contributed by atoms with E-state index < -0.39 is 0 Å². The lowest BCUT2D eigenvalue weighted by Gasteiger charge is -2.43. The number of nitrogens with one attached hydrogen (secondary N) is 1. The van der Waals surface area contributed by atoms with Gasteiger partial charge in [-0.25, -0.2) is 4.98 Å². The average molecular weight is 470 g/mol. The topological polar surface area (TPSA) is 51.7 Å². The van der Waals surface area contributed by atoms with E-state index in [1.54, 1.807) is 0 Å². The maximum Gasteiger partial charge on any atom is 0.251 e. The zero-order valence-electron chi connectivity index (χ0n) is 20.5. The number of carbonyl (C=O) groups is 1. The number of hydrogen-bond acceptors (Lipinski definition) is 5. The molecule has 0 radical (unpaired) electrons. The summed E-state index contributed by atoms with van der Waals surface area (Å²) in [6.45, 7) is 8.43. The van der Waals surface area contributed by atoms with Crippen LogP contribution in [0, 0.1) is 0 Å². The normalized spacial score (nSPS) is 18.3. The van der Waals surface area contributed by atoms with Gasteiger partial charge in [-0.15, -0.1) is 0 Å². The van der Waals surface area contributed by atoms with Gasteiger partial charge in [0.1, 0.15) is 5.82 Å². The molecule has 35 heavy (non-hydrogen) atoms. The Morgan fingerprint density at radius 3 is 2.17 bits per heavy atom. The Morgan fingerprint density at radius 2 is 1.51 bits per heavy atom. The summed E-state index contributed by atoms with van der Waals surface area (Å²) in [4.78, 5) is 24.7. The van der Waals surface area contributed by atoms with Crippen LogP contribution in [0.25, 0.3) is 0 Å². The number of piperidine rings is 1. The number of benzene rings is 2. The molecule has 2 aromatic carbocycles. The SMILES string of the molecule is CC(NC(=O)c1ccc(N2CCC(N3CCN(c4ccccn4)CC3)CC2)cc1)c1ccccc1. The number of piperazine rings is 1. The maximum absolute atomic E-state index is 12.7. The highest BCUT2D eigenvalue weighted by molar-refractivity contribution is 5.94. The molecule has 2 aliphatic rings. The summed E-state index contributed by atoms with van der Waals surface area (Å²) in [7, 11) is 0. The third-order valence-corrected chi connectivity index (χ3v) is 7.41. The van der Waals surface area contributed by atoms with Gasteiger partial charge in [0.05, 0.1) is 6.04 Å². The van der Waals surface area contributed by atoms with Crippen molar-refractivity contribution in [3.8, 4) is 0 Å². The Hall–Kier alpha value is -3.38. The lowest BCUT2D eigenvalue weighted by atomic mass is 10.0. The summed E-state index contributed by atoms with van der Waals surface area (Å²) in [5.74, 6) is 1.06. The van der Waals surface area contributed by atoms with E-state index in [2.05, 4.69) is 49.3 Å². The van der Waals surface area contributed by atoms with Crippen LogP contribution in [0.4, 0.5) is 11.5 Å². The molecule has 3 aromatic rings. The zero-order chi connectivity index (χ0) is 24.0. The van der Waals surface area contributed by atoms with E-state index in [-0.39, 0.29) is 11.9 Å². The fraction of sp³-hybridized carbons (Fsp3) is 0.379. The maximum atomic E-state index is 12.7. The highest BCUT2D eigenvalue weighted by atomic mass is 16.1. The zero-order valence-corrected chi connectivity index (χ0v) is 20.5. The molecule has 0 bridgehead atoms. The minimum Gasteiger partial charge on any atom is -0.371 e. The van der Waals surface area contributed by atoms with E-state index in [9.17, 15) is 4.79 Å². The molecule has 1 unspecified atom stereocenters. The summed E-state index contributed by atoms with van der Waals surface area (Å²) in [6, 6.07) is 24.9. The monoisotopic (exact) mass is 469 g/mol. The molecule has 1 atom stereocenters. The summed E-state index contributed by atoms with van der Waals surface area (Å²) < 4.78 is 0. The van der Waals surface area contributed by atoms with Crippen LogP contribution in [0.15, 0.2) is 79.0 Å². The first kappa shape index (κ1) is 23.4. The molecule has 1 N–H and O–H groups in total. The predicted octanol–water partition coefficient (Wildman–Crippen LogP) is 4.36. The number of nitrogens with zero attached hydrogens (tertiary/aromatic N) is 4. The van der Waals surface area contributed by atoms with Crippen molar-refractivity contribution in [3.63, 3.8) is 0 Å². The van der Waals surface area contributed by atoms with Gasteiger partial charge in [-0.1, -0.05) is 36.4 Å². The van der Waals surface area contributed by atoms with Crippen LogP contribution < -0.4 is 15.1 Å². The summed E-state index contributed by atoms with van der Waals surface area (Å²) in [6.07, 6.45) is 4.24. The van der Waals surface area contributed by atoms with Gasteiger partial charge in [0, 0.05) is 62.8 Å². The molecule has 2 fully saturated rings. The molecule has 1 amide bonds. The van der Waals surface area contributed by atoms with Gasteiger partial charge in [0.25, 0.3) is 5.91 Å². The predicted molar refractivity (Wildman–Crippen MR) is 142 cm³/mol. The van der Waals surface area contributed by atoms with Gasteiger partial charge in [-0.2, -0.15) is 0 Å². The smallest absolute Gasteiger partial charge is 0.251 e. The standard InChI is InChI=1S/C29H35N5O/c1-23(24-7-3-2-4-8-24)31-29(35)25-10-12-26(13-11-25)32-17-14-27(15-18-32)33-19-21-34(22-20-33)28-9-5-6-16-30-28/h2-13,16,23,27H,14-15,17-22H2,1H3,(H,31,35). The van der Waals surface area contributed by atoms with E-state index in [1.165, 1.54) is 18.5 Å². The van der Waals surface area contributed by atoms with Gasteiger partial charge in [0.2, 0.25) is 0 Å².